The molecule has 6 atom stereocenters. The summed E-state index contributed by atoms with van der Waals surface area (Å²) in [5.74, 6) is 3.18. The van der Waals surface area contributed by atoms with Crippen LogP contribution in [0, 0.1) is 17.8 Å². The van der Waals surface area contributed by atoms with Crippen LogP contribution in [-0.2, 0) is 12.8 Å². The lowest BCUT2D eigenvalue weighted by Gasteiger charge is -2.40. The van der Waals surface area contributed by atoms with Gasteiger partial charge in [-0.3, -0.25) is 9.59 Å². The van der Waals surface area contributed by atoms with E-state index in [4.69, 9.17) is 0 Å². The molecule has 0 spiro atoms. The first-order valence-corrected chi connectivity index (χ1v) is 28.7. The van der Waals surface area contributed by atoms with E-state index in [2.05, 4.69) is 131 Å². The highest BCUT2D eigenvalue weighted by Gasteiger charge is 2.42. The molecule has 0 radical (unpaired) electrons. The third kappa shape index (κ3) is 15.0. The van der Waals surface area contributed by atoms with Gasteiger partial charge in [0, 0.05) is 63.5 Å². The van der Waals surface area contributed by atoms with Gasteiger partial charge < -0.3 is 24.7 Å². The van der Waals surface area contributed by atoms with Crippen molar-refractivity contribution < 1.29 is 14.7 Å². The minimum absolute atomic E-state index is 0.113. The Labute approximate surface area is 450 Å². The minimum atomic E-state index is -0.537. The van der Waals surface area contributed by atoms with Crippen molar-refractivity contribution in [2.24, 2.45) is 17.8 Å². The number of amides is 2. The van der Waals surface area contributed by atoms with Crippen molar-refractivity contribution in [2.75, 3.05) is 53.4 Å². The first-order chi connectivity index (χ1) is 36.7. The first kappa shape index (κ1) is 53.9. The van der Waals surface area contributed by atoms with E-state index in [0.29, 0.717) is 29.7 Å². The molecule has 4 aliphatic rings. The van der Waals surface area contributed by atoms with Crippen molar-refractivity contribution >= 4 is 11.8 Å². The fraction of sp³-hybridized carbons (Fsp3) is 0.441. The number of rotatable bonds is 18. The van der Waals surface area contributed by atoms with Crippen LogP contribution in [0.5, 0.6) is 0 Å². The second-order valence-corrected chi connectivity index (χ2v) is 22.9. The smallest absolute Gasteiger partial charge is 0.253 e. The zero-order valence-corrected chi connectivity index (χ0v) is 45.1. The molecule has 7 heteroatoms. The van der Waals surface area contributed by atoms with Crippen LogP contribution in [0.15, 0.2) is 182 Å². The Kier molecular flexibility index (Phi) is 19.2. The molecule has 7 nitrogen and oxygen atoms in total. The summed E-state index contributed by atoms with van der Waals surface area (Å²) in [6, 6.07) is 63.3. The van der Waals surface area contributed by atoms with Crippen molar-refractivity contribution in [2.45, 2.75) is 119 Å². The first-order valence-electron chi connectivity index (χ1n) is 28.7. The Balaban J connectivity index is 0.000000184. The largest absolute Gasteiger partial charge is 0.390 e. The average Bonchev–Trinajstić information content (AvgIpc) is 4.10. The van der Waals surface area contributed by atoms with Crippen LogP contribution in [0.25, 0.3) is 0 Å². The quantitative estimate of drug-likeness (QED) is 0.0929. The summed E-state index contributed by atoms with van der Waals surface area (Å²) in [6.45, 7) is 6.52. The number of carbonyl (C=O) groups excluding carboxylic acids is 2. The van der Waals surface area contributed by atoms with Gasteiger partial charge in [-0.2, -0.15) is 0 Å². The van der Waals surface area contributed by atoms with Gasteiger partial charge in [0.1, 0.15) is 0 Å². The normalized spacial score (nSPS) is 23.0. The Morgan fingerprint density at radius 2 is 0.867 bits per heavy atom. The molecule has 2 saturated carbocycles. The van der Waals surface area contributed by atoms with Gasteiger partial charge in [-0.05, 0) is 173 Å². The van der Waals surface area contributed by atoms with E-state index in [-0.39, 0.29) is 17.9 Å². The van der Waals surface area contributed by atoms with Crippen LogP contribution in [0.3, 0.4) is 0 Å². The lowest BCUT2D eigenvalue weighted by molar-refractivity contribution is -0.0319. The summed E-state index contributed by atoms with van der Waals surface area (Å²) in [6.07, 6.45) is 15.3. The van der Waals surface area contributed by atoms with E-state index in [1.54, 1.807) is 0 Å². The van der Waals surface area contributed by atoms with E-state index in [9.17, 15) is 14.7 Å². The number of aryl methyl sites for hydroxylation is 2. The molecule has 0 aromatic heterocycles. The maximum absolute atomic E-state index is 13.2. The molecule has 0 bridgehead atoms. The molecular weight excluding hydrogens is 921 g/mol. The Morgan fingerprint density at radius 1 is 0.493 bits per heavy atom. The van der Waals surface area contributed by atoms with E-state index in [0.717, 1.165) is 101 Å². The number of piperidine rings is 2. The number of hydrogen-bond donors (Lipinski definition) is 1. The predicted molar refractivity (Wildman–Crippen MR) is 307 cm³/mol. The van der Waals surface area contributed by atoms with Crippen LogP contribution < -0.4 is 0 Å². The zero-order valence-electron chi connectivity index (χ0n) is 45.1. The summed E-state index contributed by atoms with van der Waals surface area (Å²) in [5, 5.41) is 11.3. The maximum Gasteiger partial charge on any atom is 0.253 e. The van der Waals surface area contributed by atoms with Gasteiger partial charge in [0.25, 0.3) is 11.8 Å². The lowest BCUT2D eigenvalue weighted by Crippen LogP contribution is -2.46. The Hall–Kier alpha value is -5.86. The molecule has 2 amide bonds. The van der Waals surface area contributed by atoms with Crippen molar-refractivity contribution in [1.82, 2.24) is 19.6 Å². The average molecular weight is 1010 g/mol. The molecule has 2 aliphatic heterocycles. The van der Waals surface area contributed by atoms with Crippen molar-refractivity contribution in [3.63, 3.8) is 0 Å². The van der Waals surface area contributed by atoms with Crippen molar-refractivity contribution in [1.29, 1.82) is 0 Å². The Morgan fingerprint density at radius 3 is 1.29 bits per heavy atom. The summed E-state index contributed by atoms with van der Waals surface area (Å²) >= 11 is 0. The molecule has 75 heavy (non-hydrogen) atoms. The van der Waals surface area contributed by atoms with Gasteiger partial charge in [-0.15, -0.1) is 0 Å². The summed E-state index contributed by atoms with van der Waals surface area (Å²) < 4.78 is 0. The standard InChI is InChI=1S/C34H42N2O2.C34H42N2O/c1-35(33(37)29-17-9-4-10-18-29)31-24-30(32(25-31)28-15-7-3-8-16-28)26-36-22-20-34(38,21-23-36)19-11-14-27-12-5-2-6-13-27;1-35(34(37)30-18-9-4-10-19-30)32-24-31(33(25-32)29-16-7-3-8-17-29)26-36-22-20-28(21-23-36)15-11-14-27-12-5-2-6-13-27/h2-10,12-13,15-18,30-32,38H,11,14,19-26H2,1H3;2-10,12-13,16-19,28,31-33H,11,14-15,20-26H2,1H3/t30-,31?,32-;31-,32?,33-/m11/s1. The number of benzene rings is 6. The van der Waals surface area contributed by atoms with E-state index >= 15 is 0 Å². The summed E-state index contributed by atoms with van der Waals surface area (Å²) in [4.78, 5) is 35.7. The summed E-state index contributed by atoms with van der Waals surface area (Å²) in [5.41, 5.74) is 6.66. The monoisotopic (exact) mass is 1000 g/mol. The lowest BCUT2D eigenvalue weighted by atomic mass is 9.84. The van der Waals surface area contributed by atoms with Crippen molar-refractivity contribution in [3.05, 3.63) is 215 Å². The van der Waals surface area contributed by atoms with Crippen LogP contribution >= 0.6 is 0 Å². The number of nitrogens with zero attached hydrogens (tertiary/aromatic N) is 4. The molecule has 6 aromatic carbocycles. The van der Waals surface area contributed by atoms with E-state index in [1.807, 2.05) is 84.6 Å². The van der Waals surface area contributed by atoms with Gasteiger partial charge in [-0.25, -0.2) is 0 Å². The second kappa shape index (κ2) is 26.8. The highest BCUT2D eigenvalue weighted by molar-refractivity contribution is 5.94. The Bertz CT molecular complexity index is 2600. The summed E-state index contributed by atoms with van der Waals surface area (Å²) in [7, 11) is 3.98. The molecule has 2 saturated heterocycles. The van der Waals surface area contributed by atoms with Gasteiger partial charge in [0.2, 0.25) is 0 Å². The second-order valence-electron chi connectivity index (χ2n) is 22.9. The molecule has 4 fully saturated rings. The molecule has 2 unspecified atom stereocenters. The third-order valence-corrected chi connectivity index (χ3v) is 17.9. The van der Waals surface area contributed by atoms with Gasteiger partial charge in [0.05, 0.1) is 5.60 Å². The minimum Gasteiger partial charge on any atom is -0.390 e. The van der Waals surface area contributed by atoms with Crippen LogP contribution in [0.1, 0.15) is 132 Å². The zero-order chi connectivity index (χ0) is 51.8. The van der Waals surface area contributed by atoms with Crippen LogP contribution in [0.4, 0.5) is 0 Å². The third-order valence-electron chi connectivity index (χ3n) is 17.9. The van der Waals surface area contributed by atoms with Gasteiger partial charge in [0.15, 0.2) is 0 Å². The molecule has 1 N–H and O–H groups in total. The van der Waals surface area contributed by atoms with E-state index in [1.165, 1.54) is 67.4 Å². The number of aliphatic hydroxyl groups is 1. The fourth-order valence-corrected chi connectivity index (χ4v) is 13.4. The van der Waals surface area contributed by atoms with Crippen molar-refractivity contribution in [3.8, 4) is 0 Å². The molecule has 10 rings (SSSR count). The molecule has 394 valence electrons. The molecule has 6 aromatic rings. The van der Waals surface area contributed by atoms with Crippen LogP contribution in [-0.4, -0.2) is 108 Å². The number of hydrogen-bond acceptors (Lipinski definition) is 5. The number of carbonyl (C=O) groups is 2. The molecule has 2 heterocycles. The molecule has 2 aliphatic carbocycles. The number of likely N-dealkylation sites (tertiary alicyclic amines) is 2. The predicted octanol–water partition coefficient (Wildman–Crippen LogP) is 13.2. The highest BCUT2D eigenvalue weighted by Crippen LogP contribution is 2.44. The van der Waals surface area contributed by atoms with Gasteiger partial charge in [-0.1, -0.05) is 164 Å². The highest BCUT2D eigenvalue weighted by atomic mass is 16.3. The SMILES string of the molecule is CN(C(=O)c1ccccc1)C1C[C@H](CN2CCC(CCCc3ccccc3)CC2)[C@@H](c2ccccc2)C1.CN(C(=O)c1ccccc1)C1C[C@H](CN2CCC(O)(CCCc3ccccc3)CC2)[C@@H](c2ccccc2)C1. The van der Waals surface area contributed by atoms with Crippen LogP contribution in [0.2, 0.25) is 0 Å². The maximum atomic E-state index is 13.2. The topological polar surface area (TPSA) is 67.3 Å². The fourth-order valence-electron chi connectivity index (χ4n) is 13.4. The van der Waals surface area contributed by atoms with Gasteiger partial charge >= 0.3 is 0 Å². The molecular formula is C68H84N4O3. The van der Waals surface area contributed by atoms with E-state index < -0.39 is 5.60 Å².